The summed E-state index contributed by atoms with van der Waals surface area (Å²) in [5.74, 6) is 0.139. The first-order valence-corrected chi connectivity index (χ1v) is 5.99. The number of benzene rings is 1. The van der Waals surface area contributed by atoms with E-state index in [1.165, 1.54) is 12.1 Å². The van der Waals surface area contributed by atoms with E-state index in [1.54, 1.807) is 24.5 Å². The number of hydrogen-bond donors (Lipinski definition) is 0. The van der Waals surface area contributed by atoms with Gasteiger partial charge in [-0.2, -0.15) is 0 Å². The van der Waals surface area contributed by atoms with Gasteiger partial charge in [-0.25, -0.2) is 9.37 Å². The molecule has 0 atom stereocenters. The van der Waals surface area contributed by atoms with Gasteiger partial charge in [-0.1, -0.05) is 19.1 Å². The van der Waals surface area contributed by atoms with Crippen molar-refractivity contribution in [2.45, 2.75) is 26.3 Å². The summed E-state index contributed by atoms with van der Waals surface area (Å²) < 4.78 is 14.6. The van der Waals surface area contributed by atoms with Crippen molar-refractivity contribution in [3.05, 3.63) is 53.9 Å². The molecule has 0 N–H and O–H groups in total. The maximum absolute atomic E-state index is 12.8. The van der Waals surface area contributed by atoms with Crippen LogP contribution in [0.25, 0.3) is 0 Å². The van der Waals surface area contributed by atoms with Gasteiger partial charge in [-0.3, -0.25) is 4.79 Å². The van der Waals surface area contributed by atoms with Gasteiger partial charge in [0, 0.05) is 25.4 Å². The van der Waals surface area contributed by atoms with E-state index in [4.69, 9.17) is 0 Å². The van der Waals surface area contributed by atoms with Crippen LogP contribution in [0.5, 0.6) is 0 Å². The predicted octanol–water partition coefficient (Wildman–Crippen LogP) is 2.86. The zero-order chi connectivity index (χ0) is 13.0. The number of aromatic nitrogens is 2. The molecule has 0 saturated heterocycles. The van der Waals surface area contributed by atoms with E-state index in [-0.39, 0.29) is 18.0 Å². The fourth-order valence-corrected chi connectivity index (χ4v) is 1.85. The highest BCUT2D eigenvalue weighted by Crippen LogP contribution is 2.08. The Morgan fingerprint density at radius 3 is 2.72 bits per heavy atom. The Kier molecular flexibility index (Phi) is 3.87. The number of aryl methyl sites for hydroxylation is 1. The predicted molar refractivity (Wildman–Crippen MR) is 67.0 cm³/mol. The third kappa shape index (κ3) is 2.83. The lowest BCUT2D eigenvalue weighted by atomic mass is 10.1. The van der Waals surface area contributed by atoms with Gasteiger partial charge in [0.2, 0.25) is 5.78 Å². The molecule has 2 rings (SSSR count). The van der Waals surface area contributed by atoms with E-state index >= 15 is 0 Å². The maximum atomic E-state index is 12.8. The molecular formula is C14H15FN2O. The number of halogens is 1. The van der Waals surface area contributed by atoms with Crippen LogP contribution in [-0.2, 0) is 13.0 Å². The molecule has 3 nitrogen and oxygen atoms in total. The zero-order valence-electron chi connectivity index (χ0n) is 10.3. The molecule has 94 valence electrons. The zero-order valence-corrected chi connectivity index (χ0v) is 10.3. The minimum absolute atomic E-state index is 0.0416. The van der Waals surface area contributed by atoms with E-state index in [1.807, 2.05) is 11.5 Å². The summed E-state index contributed by atoms with van der Waals surface area (Å²) in [7, 11) is 0. The lowest BCUT2D eigenvalue weighted by Crippen LogP contribution is -2.12. The van der Waals surface area contributed by atoms with Crippen LogP contribution < -0.4 is 0 Å². The molecule has 18 heavy (non-hydrogen) atoms. The smallest absolute Gasteiger partial charge is 0.202 e. The molecule has 0 fully saturated rings. The second kappa shape index (κ2) is 5.58. The van der Waals surface area contributed by atoms with E-state index in [2.05, 4.69) is 4.98 Å². The molecule has 0 aliphatic heterocycles. The van der Waals surface area contributed by atoms with Crippen molar-refractivity contribution in [3.63, 3.8) is 0 Å². The average Bonchev–Trinajstić information content (AvgIpc) is 2.81. The molecule has 0 bridgehead atoms. The Labute approximate surface area is 105 Å². The third-order valence-corrected chi connectivity index (χ3v) is 2.71. The number of carbonyl (C=O) groups excluding carboxylic acids is 1. The van der Waals surface area contributed by atoms with E-state index < -0.39 is 0 Å². The summed E-state index contributed by atoms with van der Waals surface area (Å²) in [4.78, 5) is 16.2. The molecule has 0 aliphatic carbocycles. The Bertz CT molecular complexity index is 531. The van der Waals surface area contributed by atoms with E-state index in [0.29, 0.717) is 5.82 Å². The van der Waals surface area contributed by atoms with Gasteiger partial charge in [0.1, 0.15) is 5.82 Å². The first-order chi connectivity index (χ1) is 8.70. The van der Waals surface area contributed by atoms with Gasteiger partial charge >= 0.3 is 0 Å². The normalized spacial score (nSPS) is 10.6. The molecule has 4 heteroatoms. The van der Waals surface area contributed by atoms with Crippen molar-refractivity contribution < 1.29 is 9.18 Å². The first kappa shape index (κ1) is 12.5. The molecular weight excluding hydrogens is 231 g/mol. The van der Waals surface area contributed by atoms with Gasteiger partial charge in [0.25, 0.3) is 0 Å². The number of nitrogens with zero attached hydrogens (tertiary/aromatic N) is 2. The Balaban J connectivity index is 2.11. The van der Waals surface area contributed by atoms with E-state index in [0.717, 1.165) is 18.5 Å². The van der Waals surface area contributed by atoms with Gasteiger partial charge in [0.15, 0.2) is 5.82 Å². The van der Waals surface area contributed by atoms with Crippen molar-refractivity contribution in [1.82, 2.24) is 9.55 Å². The van der Waals surface area contributed by atoms with Crippen LogP contribution in [0.2, 0.25) is 0 Å². The van der Waals surface area contributed by atoms with Crippen molar-refractivity contribution in [1.29, 1.82) is 0 Å². The number of ketones is 1. The van der Waals surface area contributed by atoms with Crippen LogP contribution in [0.1, 0.15) is 29.5 Å². The van der Waals surface area contributed by atoms with Crippen molar-refractivity contribution in [3.8, 4) is 0 Å². The highest BCUT2D eigenvalue weighted by atomic mass is 19.1. The lowest BCUT2D eigenvalue weighted by molar-refractivity contribution is 0.0978. The maximum Gasteiger partial charge on any atom is 0.202 e. The van der Waals surface area contributed by atoms with Crippen molar-refractivity contribution >= 4 is 5.78 Å². The summed E-state index contributed by atoms with van der Waals surface area (Å²) in [5, 5.41) is 0. The summed E-state index contributed by atoms with van der Waals surface area (Å²) in [6.07, 6.45) is 4.64. The molecule has 2 aromatic rings. The monoisotopic (exact) mass is 246 g/mol. The number of carbonyl (C=O) groups is 1. The second-order valence-corrected chi connectivity index (χ2v) is 4.17. The first-order valence-electron chi connectivity index (χ1n) is 5.99. The molecule has 0 spiro atoms. The van der Waals surface area contributed by atoms with Crippen LogP contribution in [0.3, 0.4) is 0 Å². The second-order valence-electron chi connectivity index (χ2n) is 4.17. The van der Waals surface area contributed by atoms with Crippen LogP contribution in [-0.4, -0.2) is 15.3 Å². The minimum Gasteiger partial charge on any atom is -0.329 e. The van der Waals surface area contributed by atoms with Crippen LogP contribution in [0.15, 0.2) is 36.7 Å². The van der Waals surface area contributed by atoms with Crippen LogP contribution in [0, 0.1) is 5.82 Å². The van der Waals surface area contributed by atoms with Crippen LogP contribution >= 0.6 is 0 Å². The molecule has 1 aromatic heterocycles. The molecule has 1 aromatic carbocycles. The standard InChI is InChI=1S/C14H15FN2O/c1-2-8-17-9-7-16-14(17)13(18)10-11-3-5-12(15)6-4-11/h3-7,9H,2,8,10H2,1H3. The number of imidazole rings is 1. The lowest BCUT2D eigenvalue weighted by Gasteiger charge is -2.05. The van der Waals surface area contributed by atoms with Gasteiger partial charge in [-0.05, 0) is 24.1 Å². The van der Waals surface area contributed by atoms with E-state index in [9.17, 15) is 9.18 Å². The molecule has 0 amide bonds. The largest absolute Gasteiger partial charge is 0.329 e. The fraction of sp³-hybridized carbons (Fsp3) is 0.286. The summed E-state index contributed by atoms with van der Waals surface area (Å²) in [6, 6.07) is 5.98. The quantitative estimate of drug-likeness (QED) is 0.760. The van der Waals surface area contributed by atoms with Gasteiger partial charge in [-0.15, -0.1) is 0 Å². The Morgan fingerprint density at radius 1 is 1.33 bits per heavy atom. The van der Waals surface area contributed by atoms with Crippen LogP contribution in [0.4, 0.5) is 4.39 Å². The van der Waals surface area contributed by atoms with Crippen molar-refractivity contribution in [2.24, 2.45) is 0 Å². The highest BCUT2D eigenvalue weighted by Gasteiger charge is 2.12. The molecule has 1 heterocycles. The highest BCUT2D eigenvalue weighted by molar-refractivity contribution is 5.94. The molecule has 0 aliphatic rings. The topological polar surface area (TPSA) is 34.9 Å². The minimum atomic E-state index is -0.293. The average molecular weight is 246 g/mol. The summed E-state index contributed by atoms with van der Waals surface area (Å²) in [6.45, 7) is 2.83. The van der Waals surface area contributed by atoms with Gasteiger partial charge in [0.05, 0.1) is 0 Å². The summed E-state index contributed by atoms with van der Waals surface area (Å²) >= 11 is 0. The number of rotatable bonds is 5. The molecule has 0 saturated carbocycles. The third-order valence-electron chi connectivity index (χ3n) is 2.71. The Hall–Kier alpha value is -1.97. The SMILES string of the molecule is CCCn1ccnc1C(=O)Cc1ccc(F)cc1. The molecule has 0 radical (unpaired) electrons. The summed E-state index contributed by atoms with van der Waals surface area (Å²) in [5.41, 5.74) is 0.799. The number of Topliss-reactive ketones (excluding diaryl/α,β-unsaturated/α-hetero) is 1. The fourth-order valence-electron chi connectivity index (χ4n) is 1.85. The number of hydrogen-bond acceptors (Lipinski definition) is 2. The van der Waals surface area contributed by atoms with Gasteiger partial charge < -0.3 is 4.57 Å². The van der Waals surface area contributed by atoms with Crippen molar-refractivity contribution in [2.75, 3.05) is 0 Å². The Morgan fingerprint density at radius 2 is 2.06 bits per heavy atom. The molecule has 0 unspecified atom stereocenters.